The molecule has 0 aromatic heterocycles. The van der Waals surface area contributed by atoms with Crippen LogP contribution in [0.2, 0.25) is 10.0 Å². The van der Waals surface area contributed by atoms with Crippen molar-refractivity contribution < 1.29 is 14.0 Å². The van der Waals surface area contributed by atoms with Crippen molar-refractivity contribution in [2.75, 3.05) is 32.7 Å². The molecule has 2 heterocycles. The third-order valence-electron chi connectivity index (χ3n) is 7.39. The average Bonchev–Trinajstić information content (AvgIpc) is 3.46. The van der Waals surface area contributed by atoms with E-state index in [-0.39, 0.29) is 28.4 Å². The summed E-state index contributed by atoms with van der Waals surface area (Å²) in [6, 6.07) is 21.1. The van der Waals surface area contributed by atoms with Gasteiger partial charge in [-0.1, -0.05) is 71.7 Å². The van der Waals surface area contributed by atoms with Gasteiger partial charge in [-0.15, -0.1) is 0 Å². The van der Waals surface area contributed by atoms with Gasteiger partial charge in [0, 0.05) is 32.7 Å². The topological polar surface area (TPSA) is 52.7 Å². The van der Waals surface area contributed by atoms with Gasteiger partial charge in [0.1, 0.15) is 5.82 Å². The summed E-state index contributed by atoms with van der Waals surface area (Å²) in [6.45, 7) is 3.72. The van der Waals surface area contributed by atoms with Crippen LogP contribution in [0.15, 0.2) is 72.8 Å². The number of likely N-dealkylation sites (tertiary alicyclic amines) is 2. The van der Waals surface area contributed by atoms with Crippen LogP contribution in [-0.4, -0.2) is 54.3 Å². The van der Waals surface area contributed by atoms with Crippen LogP contribution in [0.25, 0.3) is 0 Å². The van der Waals surface area contributed by atoms with E-state index in [1.165, 1.54) is 12.1 Å². The smallest absolute Gasteiger partial charge is 0.258 e. The number of nitrogens with one attached hydrogen (secondary N) is 1. The molecule has 192 valence electrons. The Hall–Kier alpha value is -2.93. The van der Waals surface area contributed by atoms with E-state index < -0.39 is 5.82 Å². The summed E-state index contributed by atoms with van der Waals surface area (Å²) in [7, 11) is 0. The molecule has 5 rings (SSSR count). The van der Waals surface area contributed by atoms with Crippen LogP contribution < -0.4 is 5.32 Å². The van der Waals surface area contributed by atoms with E-state index in [0.29, 0.717) is 35.5 Å². The van der Waals surface area contributed by atoms with Crippen LogP contribution in [0.4, 0.5) is 4.39 Å². The monoisotopic (exact) mass is 539 g/mol. The maximum Gasteiger partial charge on any atom is 0.258 e. The van der Waals surface area contributed by atoms with Crippen LogP contribution in [0.3, 0.4) is 0 Å². The highest BCUT2D eigenvalue weighted by atomic mass is 35.5. The minimum Gasteiger partial charge on any atom is -0.345 e. The number of hydrogen-bond acceptors (Lipinski definition) is 3. The number of halogens is 3. The standard InChI is InChI=1S/C29H28Cl2FN3O2/c30-23-10-5-4-9-22(23)28(36)33-26(19-7-2-1-3-8-19)13-14-34-15-20-17-35(18-21(20)16-34)29(37)27-24(31)11-6-12-25(27)32/h1-12,20-21,26H,13-18H2,(H,33,36)/t20-,21?,26?/m0/s1. The Labute approximate surface area is 226 Å². The molecule has 3 aromatic carbocycles. The van der Waals surface area contributed by atoms with Crippen molar-refractivity contribution in [1.29, 1.82) is 0 Å². The van der Waals surface area contributed by atoms with Gasteiger partial charge in [-0.25, -0.2) is 4.39 Å². The minimum absolute atomic E-state index is 0.0408. The molecule has 2 saturated heterocycles. The molecule has 0 radical (unpaired) electrons. The summed E-state index contributed by atoms with van der Waals surface area (Å²) in [6.07, 6.45) is 0.743. The Balaban J connectivity index is 1.20. The van der Waals surface area contributed by atoms with Crippen LogP contribution in [0.1, 0.15) is 38.7 Å². The Morgan fingerprint density at radius 2 is 1.51 bits per heavy atom. The molecule has 1 N–H and O–H groups in total. The van der Waals surface area contributed by atoms with Crippen molar-refractivity contribution in [3.05, 3.63) is 105 Å². The number of rotatable bonds is 7. The van der Waals surface area contributed by atoms with Crippen molar-refractivity contribution in [3.63, 3.8) is 0 Å². The Morgan fingerprint density at radius 1 is 0.865 bits per heavy atom. The number of nitrogens with zero attached hydrogens (tertiary/aromatic N) is 2. The first-order valence-electron chi connectivity index (χ1n) is 12.5. The number of fused-ring (bicyclic) bond motifs is 1. The molecule has 0 bridgehead atoms. The number of amides is 2. The van der Waals surface area contributed by atoms with Crippen molar-refractivity contribution >= 4 is 35.0 Å². The average molecular weight is 540 g/mol. The number of hydrogen-bond donors (Lipinski definition) is 1. The summed E-state index contributed by atoms with van der Waals surface area (Å²) in [4.78, 5) is 30.1. The fourth-order valence-electron chi connectivity index (χ4n) is 5.50. The molecular weight excluding hydrogens is 512 g/mol. The van der Waals surface area contributed by atoms with Gasteiger partial charge < -0.3 is 15.1 Å². The van der Waals surface area contributed by atoms with Crippen molar-refractivity contribution in [3.8, 4) is 0 Å². The molecule has 8 heteroatoms. The van der Waals surface area contributed by atoms with Gasteiger partial charge >= 0.3 is 0 Å². The quantitative estimate of drug-likeness (QED) is 0.419. The summed E-state index contributed by atoms with van der Waals surface area (Å²) in [5.74, 6) is -0.444. The predicted octanol–water partition coefficient (Wildman–Crippen LogP) is 5.70. The van der Waals surface area contributed by atoms with E-state index in [1.54, 1.807) is 35.2 Å². The Kier molecular flexibility index (Phi) is 7.79. The molecule has 2 unspecified atom stereocenters. The second-order valence-corrected chi connectivity index (χ2v) is 10.6. The van der Waals surface area contributed by atoms with Crippen molar-refractivity contribution in [2.45, 2.75) is 12.5 Å². The maximum atomic E-state index is 14.3. The summed E-state index contributed by atoms with van der Waals surface area (Å²) in [5, 5.41) is 3.74. The highest BCUT2D eigenvalue weighted by Crippen LogP contribution is 2.34. The Morgan fingerprint density at radius 3 is 2.19 bits per heavy atom. The molecule has 0 aliphatic carbocycles. The highest BCUT2D eigenvalue weighted by Gasteiger charge is 2.42. The van der Waals surface area contributed by atoms with Gasteiger partial charge in [0.2, 0.25) is 0 Å². The van der Waals surface area contributed by atoms with Crippen LogP contribution in [0, 0.1) is 17.7 Å². The summed E-state index contributed by atoms with van der Waals surface area (Å²) < 4.78 is 14.3. The second kappa shape index (κ2) is 11.2. The molecule has 0 spiro atoms. The van der Waals surface area contributed by atoms with Crippen molar-refractivity contribution in [1.82, 2.24) is 15.1 Å². The van der Waals surface area contributed by atoms with E-state index in [0.717, 1.165) is 31.6 Å². The van der Waals surface area contributed by atoms with E-state index in [2.05, 4.69) is 10.2 Å². The second-order valence-electron chi connectivity index (χ2n) is 9.79. The molecule has 2 aliphatic rings. The largest absolute Gasteiger partial charge is 0.345 e. The molecule has 2 amide bonds. The molecule has 3 atom stereocenters. The summed E-state index contributed by atoms with van der Waals surface area (Å²) in [5.41, 5.74) is 1.46. The van der Waals surface area contributed by atoms with Gasteiger partial charge in [0.15, 0.2) is 0 Å². The van der Waals surface area contributed by atoms with E-state index >= 15 is 0 Å². The lowest BCUT2D eigenvalue weighted by Crippen LogP contribution is -2.35. The number of benzene rings is 3. The lowest BCUT2D eigenvalue weighted by Gasteiger charge is -2.25. The fraction of sp³-hybridized carbons (Fsp3) is 0.310. The van der Waals surface area contributed by atoms with Gasteiger partial charge in [-0.3, -0.25) is 9.59 Å². The minimum atomic E-state index is -0.582. The van der Waals surface area contributed by atoms with Gasteiger partial charge in [-0.2, -0.15) is 0 Å². The van der Waals surface area contributed by atoms with E-state index in [4.69, 9.17) is 23.2 Å². The molecule has 5 nitrogen and oxygen atoms in total. The predicted molar refractivity (Wildman–Crippen MR) is 143 cm³/mol. The summed E-state index contributed by atoms with van der Waals surface area (Å²) >= 11 is 12.4. The molecule has 2 fully saturated rings. The van der Waals surface area contributed by atoms with Gasteiger partial charge in [0.25, 0.3) is 11.8 Å². The molecule has 37 heavy (non-hydrogen) atoms. The normalized spacial score (nSPS) is 20.0. The third kappa shape index (κ3) is 5.66. The van der Waals surface area contributed by atoms with Crippen LogP contribution in [0.5, 0.6) is 0 Å². The molecular formula is C29H28Cl2FN3O2. The molecule has 3 aromatic rings. The highest BCUT2D eigenvalue weighted by molar-refractivity contribution is 6.34. The first kappa shape index (κ1) is 25.7. The first-order chi connectivity index (χ1) is 17.9. The van der Waals surface area contributed by atoms with Crippen LogP contribution in [-0.2, 0) is 0 Å². The Bertz CT molecular complexity index is 1250. The molecule has 0 saturated carbocycles. The maximum absolute atomic E-state index is 14.3. The number of carbonyl (C=O) groups is 2. The SMILES string of the molecule is O=C(NC(CCN1CC2CN(C(=O)c3c(F)cccc3Cl)C[C@@H]2C1)c1ccccc1)c1ccccc1Cl. The number of carbonyl (C=O) groups excluding carboxylic acids is 2. The zero-order valence-corrected chi connectivity index (χ0v) is 21.8. The zero-order chi connectivity index (χ0) is 25.9. The molecule has 2 aliphatic heterocycles. The first-order valence-corrected chi connectivity index (χ1v) is 13.2. The van der Waals surface area contributed by atoms with Gasteiger partial charge in [-0.05, 0) is 48.1 Å². The lowest BCUT2D eigenvalue weighted by molar-refractivity contribution is 0.0769. The van der Waals surface area contributed by atoms with Gasteiger partial charge in [0.05, 0.1) is 27.2 Å². The van der Waals surface area contributed by atoms with Crippen LogP contribution >= 0.6 is 23.2 Å². The van der Waals surface area contributed by atoms with Crippen molar-refractivity contribution in [2.24, 2.45) is 11.8 Å². The zero-order valence-electron chi connectivity index (χ0n) is 20.2. The van der Waals surface area contributed by atoms with E-state index in [1.807, 2.05) is 30.3 Å². The van der Waals surface area contributed by atoms with E-state index in [9.17, 15) is 14.0 Å². The lowest BCUT2D eigenvalue weighted by atomic mass is 10.0. The third-order valence-corrected chi connectivity index (χ3v) is 8.03. The fourth-order valence-corrected chi connectivity index (χ4v) is 5.96.